The van der Waals surface area contributed by atoms with Gasteiger partial charge in [0.1, 0.15) is 0 Å². The van der Waals surface area contributed by atoms with Gasteiger partial charge in [0.05, 0.1) is 0 Å². The number of fused-ring (bicyclic) bond motifs is 1. The van der Waals surface area contributed by atoms with Crippen molar-refractivity contribution in [2.24, 2.45) is 17.8 Å². The van der Waals surface area contributed by atoms with Gasteiger partial charge in [0.2, 0.25) is 11.8 Å². The van der Waals surface area contributed by atoms with Crippen LogP contribution in [0.2, 0.25) is 0 Å². The first kappa shape index (κ1) is 15.5. The Kier molecular flexibility index (Phi) is 4.33. The summed E-state index contributed by atoms with van der Waals surface area (Å²) in [4.78, 5) is 29.2. The first-order valence-electron chi connectivity index (χ1n) is 9.80. The third kappa shape index (κ3) is 3.27. The Balaban J connectivity index is 1.39. The average molecular weight is 318 g/mol. The van der Waals surface area contributed by atoms with Crippen molar-refractivity contribution in [3.8, 4) is 0 Å². The molecule has 0 aromatic carbocycles. The summed E-state index contributed by atoms with van der Waals surface area (Å²) in [6.45, 7) is 2.75. The summed E-state index contributed by atoms with van der Waals surface area (Å²) in [6.07, 6.45) is 11.5. The first-order chi connectivity index (χ1) is 11.2. The van der Waals surface area contributed by atoms with Gasteiger partial charge < -0.3 is 9.80 Å². The molecule has 2 saturated carbocycles. The summed E-state index contributed by atoms with van der Waals surface area (Å²) in [5.41, 5.74) is 0. The van der Waals surface area contributed by atoms with Crippen LogP contribution in [-0.2, 0) is 9.59 Å². The van der Waals surface area contributed by atoms with E-state index in [2.05, 4.69) is 9.80 Å². The molecule has 2 heterocycles. The van der Waals surface area contributed by atoms with E-state index in [1.807, 2.05) is 0 Å². The fraction of sp³-hybridized carbons (Fsp3) is 0.895. The number of carbonyl (C=O) groups excluding carboxylic acids is 2. The molecule has 2 atom stereocenters. The van der Waals surface area contributed by atoms with Crippen LogP contribution in [0.4, 0.5) is 0 Å². The maximum absolute atomic E-state index is 12.5. The second-order valence-corrected chi connectivity index (χ2v) is 8.26. The van der Waals surface area contributed by atoms with Crippen molar-refractivity contribution < 1.29 is 9.59 Å². The van der Waals surface area contributed by atoms with Gasteiger partial charge in [-0.1, -0.05) is 19.3 Å². The Morgan fingerprint density at radius 2 is 1.78 bits per heavy atom. The van der Waals surface area contributed by atoms with E-state index in [9.17, 15) is 9.59 Å². The standard InChI is InChI=1S/C19H30N2O2/c22-18-9-8-16-13-20(19(23)15-6-7-15)11-10-17(16)21(18)12-14-4-2-1-3-5-14/h14-17H,1-13H2/t16-,17+/m1/s1. The Hall–Kier alpha value is -1.06. The smallest absolute Gasteiger partial charge is 0.225 e. The summed E-state index contributed by atoms with van der Waals surface area (Å²) >= 11 is 0. The molecule has 23 heavy (non-hydrogen) atoms. The normalized spacial score (nSPS) is 32.8. The van der Waals surface area contributed by atoms with Crippen molar-refractivity contribution in [1.29, 1.82) is 0 Å². The van der Waals surface area contributed by atoms with Crippen LogP contribution in [0.25, 0.3) is 0 Å². The highest BCUT2D eigenvalue weighted by molar-refractivity contribution is 5.81. The fourth-order valence-corrected chi connectivity index (χ4v) is 5.03. The molecule has 0 radical (unpaired) electrons. The summed E-state index contributed by atoms with van der Waals surface area (Å²) in [5.74, 6) is 2.33. The number of piperidine rings is 2. The topological polar surface area (TPSA) is 40.6 Å². The summed E-state index contributed by atoms with van der Waals surface area (Å²) in [6, 6.07) is 0.404. The van der Waals surface area contributed by atoms with E-state index >= 15 is 0 Å². The highest BCUT2D eigenvalue weighted by atomic mass is 16.2. The van der Waals surface area contributed by atoms with Gasteiger partial charge in [-0.15, -0.1) is 0 Å². The third-order valence-corrected chi connectivity index (χ3v) is 6.56. The van der Waals surface area contributed by atoms with Crippen LogP contribution in [0.15, 0.2) is 0 Å². The van der Waals surface area contributed by atoms with E-state index in [1.165, 1.54) is 32.1 Å². The molecule has 0 spiro atoms. The summed E-state index contributed by atoms with van der Waals surface area (Å²) in [7, 11) is 0. The van der Waals surface area contributed by atoms with Gasteiger partial charge in [0, 0.05) is 38.0 Å². The highest BCUT2D eigenvalue weighted by Gasteiger charge is 2.43. The first-order valence-corrected chi connectivity index (χ1v) is 9.80. The van der Waals surface area contributed by atoms with Crippen molar-refractivity contribution in [2.45, 2.75) is 70.3 Å². The number of carbonyl (C=O) groups is 2. The lowest BCUT2D eigenvalue weighted by Crippen LogP contribution is -2.58. The molecule has 4 fully saturated rings. The number of amides is 2. The lowest BCUT2D eigenvalue weighted by atomic mass is 9.81. The van der Waals surface area contributed by atoms with E-state index in [-0.39, 0.29) is 0 Å². The molecule has 128 valence electrons. The van der Waals surface area contributed by atoms with Crippen molar-refractivity contribution >= 4 is 11.8 Å². The predicted molar refractivity (Wildman–Crippen MR) is 88.7 cm³/mol. The number of hydrogen-bond donors (Lipinski definition) is 0. The molecule has 0 N–H and O–H groups in total. The molecule has 2 aliphatic heterocycles. The quantitative estimate of drug-likeness (QED) is 0.803. The molecular weight excluding hydrogens is 288 g/mol. The molecule has 0 aromatic rings. The summed E-state index contributed by atoms with van der Waals surface area (Å²) < 4.78 is 0. The van der Waals surface area contributed by atoms with Gasteiger partial charge >= 0.3 is 0 Å². The van der Waals surface area contributed by atoms with Gasteiger partial charge in [-0.05, 0) is 50.4 Å². The Labute approximate surface area is 139 Å². The van der Waals surface area contributed by atoms with Crippen LogP contribution < -0.4 is 0 Å². The molecule has 0 bridgehead atoms. The molecular formula is C19H30N2O2. The zero-order valence-corrected chi connectivity index (χ0v) is 14.2. The minimum absolute atomic E-state index is 0.329. The third-order valence-electron chi connectivity index (χ3n) is 6.56. The van der Waals surface area contributed by atoms with Gasteiger partial charge in [0.15, 0.2) is 0 Å². The van der Waals surface area contributed by atoms with Gasteiger partial charge in [-0.25, -0.2) is 0 Å². The molecule has 4 nitrogen and oxygen atoms in total. The Morgan fingerprint density at radius 1 is 1.00 bits per heavy atom. The predicted octanol–water partition coefficient (Wildman–Crippen LogP) is 2.82. The zero-order valence-electron chi connectivity index (χ0n) is 14.2. The second kappa shape index (κ2) is 6.45. The van der Waals surface area contributed by atoms with E-state index < -0.39 is 0 Å². The monoisotopic (exact) mass is 318 g/mol. The minimum Gasteiger partial charge on any atom is -0.342 e. The molecule has 4 rings (SSSR count). The van der Waals surface area contributed by atoms with Gasteiger partial charge in [0.25, 0.3) is 0 Å². The van der Waals surface area contributed by atoms with Gasteiger partial charge in [-0.2, -0.15) is 0 Å². The van der Waals surface area contributed by atoms with Crippen LogP contribution in [0.3, 0.4) is 0 Å². The molecule has 2 amide bonds. The maximum atomic E-state index is 12.5. The largest absolute Gasteiger partial charge is 0.342 e. The number of rotatable bonds is 3. The zero-order chi connectivity index (χ0) is 15.8. The molecule has 4 heteroatoms. The van der Waals surface area contributed by atoms with Crippen LogP contribution in [0.5, 0.6) is 0 Å². The molecule has 2 aliphatic carbocycles. The molecule has 2 saturated heterocycles. The summed E-state index contributed by atoms with van der Waals surface area (Å²) in [5, 5.41) is 0. The van der Waals surface area contributed by atoms with E-state index in [0.29, 0.717) is 36.1 Å². The van der Waals surface area contributed by atoms with E-state index in [4.69, 9.17) is 0 Å². The number of hydrogen-bond acceptors (Lipinski definition) is 2. The van der Waals surface area contributed by atoms with Crippen LogP contribution in [0, 0.1) is 17.8 Å². The van der Waals surface area contributed by atoms with Crippen molar-refractivity contribution in [1.82, 2.24) is 9.80 Å². The van der Waals surface area contributed by atoms with E-state index in [0.717, 1.165) is 51.2 Å². The van der Waals surface area contributed by atoms with Gasteiger partial charge in [-0.3, -0.25) is 9.59 Å². The number of nitrogens with zero attached hydrogens (tertiary/aromatic N) is 2. The highest BCUT2D eigenvalue weighted by Crippen LogP contribution is 2.37. The minimum atomic E-state index is 0.329. The Morgan fingerprint density at radius 3 is 2.52 bits per heavy atom. The van der Waals surface area contributed by atoms with Crippen molar-refractivity contribution in [3.63, 3.8) is 0 Å². The molecule has 0 aromatic heterocycles. The maximum Gasteiger partial charge on any atom is 0.225 e. The Bertz CT molecular complexity index is 468. The number of likely N-dealkylation sites (tertiary alicyclic amines) is 2. The average Bonchev–Trinajstić information content (AvgIpc) is 3.42. The molecule has 0 unspecified atom stereocenters. The van der Waals surface area contributed by atoms with Crippen LogP contribution in [-0.4, -0.2) is 47.3 Å². The van der Waals surface area contributed by atoms with E-state index in [1.54, 1.807) is 0 Å². The lowest BCUT2D eigenvalue weighted by Gasteiger charge is -2.48. The second-order valence-electron chi connectivity index (χ2n) is 8.26. The van der Waals surface area contributed by atoms with Crippen LogP contribution >= 0.6 is 0 Å². The fourth-order valence-electron chi connectivity index (χ4n) is 5.03. The van der Waals surface area contributed by atoms with Crippen molar-refractivity contribution in [2.75, 3.05) is 19.6 Å². The lowest BCUT2D eigenvalue weighted by molar-refractivity contribution is -0.145. The van der Waals surface area contributed by atoms with Crippen LogP contribution in [0.1, 0.15) is 64.2 Å². The molecule has 4 aliphatic rings. The SMILES string of the molecule is O=C(C1CC1)N1CC[C@H]2[C@H](CCC(=O)N2CC2CCCCC2)C1. The van der Waals surface area contributed by atoms with Crippen molar-refractivity contribution in [3.05, 3.63) is 0 Å².